The fourth-order valence-corrected chi connectivity index (χ4v) is 5.76. The lowest BCUT2D eigenvalue weighted by Gasteiger charge is -2.08. The summed E-state index contributed by atoms with van der Waals surface area (Å²) in [7, 11) is 0. The van der Waals surface area contributed by atoms with Gasteiger partial charge < -0.3 is 9.30 Å². The fraction of sp³-hybridized carbons (Fsp3) is 0.139. The molecule has 9 nitrogen and oxygen atoms in total. The summed E-state index contributed by atoms with van der Waals surface area (Å²) in [5.41, 5.74) is 6.78. The maximum atomic E-state index is 6.20. The van der Waals surface area contributed by atoms with E-state index in [1.807, 2.05) is 103 Å². The monoisotopic (exact) mass is 660 g/mol. The first-order valence-corrected chi connectivity index (χ1v) is 15.9. The Balaban J connectivity index is 1.06. The predicted octanol–water partition coefficient (Wildman–Crippen LogP) is 8.04. The van der Waals surface area contributed by atoms with Crippen molar-refractivity contribution in [3.05, 3.63) is 142 Å². The van der Waals surface area contributed by atoms with Gasteiger partial charge in [-0.1, -0.05) is 82.2 Å². The molecule has 0 bridgehead atoms. The van der Waals surface area contributed by atoms with Crippen molar-refractivity contribution in [2.45, 2.75) is 33.2 Å². The van der Waals surface area contributed by atoms with Crippen LogP contribution in [0.15, 0.2) is 104 Å². The zero-order chi connectivity index (χ0) is 32.2. The van der Waals surface area contributed by atoms with E-state index in [9.17, 15) is 0 Å². The van der Waals surface area contributed by atoms with Crippen LogP contribution in [0.25, 0.3) is 34.0 Å². The molecule has 0 spiro atoms. The summed E-state index contributed by atoms with van der Waals surface area (Å²) >= 11 is 12.0. The largest absolute Gasteiger partial charge is 0.487 e. The van der Waals surface area contributed by atoms with Gasteiger partial charge in [0.25, 0.3) is 0 Å². The van der Waals surface area contributed by atoms with Gasteiger partial charge in [-0.05, 0) is 60.5 Å². The number of pyridine rings is 1. The van der Waals surface area contributed by atoms with E-state index in [0.29, 0.717) is 26.2 Å². The number of aromatic nitrogens is 8. The maximum absolute atomic E-state index is 6.20. The average Bonchev–Trinajstić information content (AvgIpc) is 3.81. The fourth-order valence-electron chi connectivity index (χ4n) is 5.51. The van der Waals surface area contributed by atoms with Crippen molar-refractivity contribution in [2.24, 2.45) is 0 Å². The number of fused-ring (bicyclic) bond motifs is 3. The molecule has 0 unspecified atom stereocenters. The molecule has 11 heteroatoms. The molecular weight excluding hydrogens is 631 g/mol. The molecule has 7 rings (SSSR count). The van der Waals surface area contributed by atoms with E-state index in [4.69, 9.17) is 27.9 Å². The summed E-state index contributed by atoms with van der Waals surface area (Å²) in [6.45, 7) is 4.06. The zero-order valence-corrected chi connectivity index (χ0v) is 27.1. The van der Waals surface area contributed by atoms with E-state index >= 15 is 0 Å². The highest BCUT2D eigenvalue weighted by Gasteiger charge is 2.16. The van der Waals surface area contributed by atoms with E-state index in [1.54, 1.807) is 4.68 Å². The highest BCUT2D eigenvalue weighted by atomic mass is 35.5. The van der Waals surface area contributed by atoms with Crippen LogP contribution in [0.2, 0.25) is 10.0 Å². The first-order chi connectivity index (χ1) is 23.0. The summed E-state index contributed by atoms with van der Waals surface area (Å²) in [6, 6.07) is 23.6. The first kappa shape index (κ1) is 30.4. The molecule has 234 valence electrons. The Bertz CT molecular complexity index is 2210. The summed E-state index contributed by atoms with van der Waals surface area (Å²) in [4.78, 5) is 4.59. The Morgan fingerprint density at radius 2 is 1.34 bits per heavy atom. The molecule has 0 amide bonds. The smallest absolute Gasteiger partial charge is 0.134 e. The van der Waals surface area contributed by atoms with Gasteiger partial charge in [0.2, 0.25) is 0 Å². The summed E-state index contributed by atoms with van der Waals surface area (Å²) in [5.74, 6) is 0.736. The van der Waals surface area contributed by atoms with Gasteiger partial charge in [-0.2, -0.15) is 0 Å². The number of benzene rings is 3. The molecule has 4 aromatic heterocycles. The van der Waals surface area contributed by atoms with Crippen molar-refractivity contribution in [1.29, 1.82) is 0 Å². The third-order valence-corrected chi connectivity index (χ3v) is 8.26. The van der Waals surface area contributed by atoms with Crippen LogP contribution < -0.4 is 4.74 Å². The van der Waals surface area contributed by atoms with E-state index in [1.165, 1.54) is 0 Å². The van der Waals surface area contributed by atoms with Gasteiger partial charge >= 0.3 is 0 Å². The van der Waals surface area contributed by atoms with Crippen LogP contribution in [-0.2, 0) is 26.2 Å². The van der Waals surface area contributed by atoms with Gasteiger partial charge in [0.1, 0.15) is 23.7 Å². The first-order valence-electron chi connectivity index (χ1n) is 15.1. The second-order valence-corrected chi connectivity index (χ2v) is 12.0. The molecule has 47 heavy (non-hydrogen) atoms. The number of allylic oxidation sites excluding steroid dienone is 2. The lowest BCUT2D eigenvalue weighted by atomic mass is 10.1. The highest BCUT2D eigenvalue weighted by molar-refractivity contribution is 6.30. The van der Waals surface area contributed by atoms with Crippen molar-refractivity contribution in [3.63, 3.8) is 0 Å². The van der Waals surface area contributed by atoms with Crippen molar-refractivity contribution >= 4 is 57.2 Å². The number of hydrogen-bond donors (Lipinski definition) is 0. The quantitative estimate of drug-likeness (QED) is 0.140. The Hall–Kier alpha value is -5.25. The zero-order valence-electron chi connectivity index (χ0n) is 25.5. The molecule has 0 N–H and O–H groups in total. The van der Waals surface area contributed by atoms with Crippen LogP contribution >= 0.6 is 23.2 Å². The molecule has 0 aliphatic heterocycles. The van der Waals surface area contributed by atoms with Crippen LogP contribution in [0.3, 0.4) is 0 Å². The third-order valence-electron chi connectivity index (χ3n) is 7.75. The van der Waals surface area contributed by atoms with Gasteiger partial charge in [-0.25, -0.2) is 9.36 Å². The van der Waals surface area contributed by atoms with Gasteiger partial charge in [-0.3, -0.25) is 4.98 Å². The van der Waals surface area contributed by atoms with E-state index in [2.05, 4.69) is 54.5 Å². The third kappa shape index (κ3) is 7.11. The van der Waals surface area contributed by atoms with Crippen LogP contribution in [0.5, 0.6) is 5.75 Å². The topological polar surface area (TPSA) is 88.5 Å². The Kier molecular flexibility index (Phi) is 8.81. The van der Waals surface area contributed by atoms with Gasteiger partial charge in [0, 0.05) is 33.1 Å². The minimum absolute atomic E-state index is 0.297. The van der Waals surface area contributed by atoms with Crippen LogP contribution in [-0.4, -0.2) is 39.5 Å². The molecule has 0 saturated carbocycles. The minimum atomic E-state index is 0.297. The molecule has 3 aromatic carbocycles. The summed E-state index contributed by atoms with van der Waals surface area (Å²) < 4.78 is 12.0. The molecule has 7 aromatic rings. The molecule has 4 heterocycles. The second kappa shape index (κ2) is 13.6. The normalized spacial score (nSPS) is 11.9. The van der Waals surface area contributed by atoms with Crippen LogP contribution in [0.4, 0.5) is 0 Å². The number of hydrogen-bond acceptors (Lipinski definition) is 6. The average molecular weight is 662 g/mol. The van der Waals surface area contributed by atoms with Crippen molar-refractivity contribution in [1.82, 2.24) is 39.5 Å². The van der Waals surface area contributed by atoms with Gasteiger partial charge in [-0.15, -0.1) is 10.2 Å². The van der Waals surface area contributed by atoms with Gasteiger partial charge in [0.15, 0.2) is 0 Å². The Labute approximate surface area is 281 Å². The molecule has 0 aliphatic carbocycles. The Morgan fingerprint density at radius 1 is 0.723 bits per heavy atom. The second-order valence-electron chi connectivity index (χ2n) is 11.1. The SMILES string of the molecule is Cc1nccc2c3ccc(OCc4cn(C/C=C/c5ccc(Cl)cc5)nn4)cc3n(Cc3cn(C/C=C/c4ccc(Cl)cc4)nn3)c12. The number of ether oxygens (including phenoxy) is 1. The number of aryl methyl sites for hydroxylation is 1. The van der Waals surface area contributed by atoms with E-state index < -0.39 is 0 Å². The maximum Gasteiger partial charge on any atom is 0.134 e. The van der Waals surface area contributed by atoms with Crippen molar-refractivity contribution in [2.75, 3.05) is 0 Å². The van der Waals surface area contributed by atoms with Crippen LogP contribution in [0.1, 0.15) is 28.2 Å². The van der Waals surface area contributed by atoms with Crippen molar-refractivity contribution < 1.29 is 4.74 Å². The van der Waals surface area contributed by atoms with E-state index in [0.717, 1.165) is 65.8 Å². The molecule has 0 saturated heterocycles. The van der Waals surface area contributed by atoms with Crippen molar-refractivity contribution in [3.8, 4) is 5.75 Å². The molecule has 0 aliphatic rings. The lowest BCUT2D eigenvalue weighted by molar-refractivity contribution is 0.301. The highest BCUT2D eigenvalue weighted by Crippen LogP contribution is 2.33. The summed E-state index contributed by atoms with van der Waals surface area (Å²) in [5, 5.41) is 21.1. The molecule has 0 radical (unpaired) electrons. The summed E-state index contributed by atoms with van der Waals surface area (Å²) in [6.07, 6.45) is 13.9. The Morgan fingerprint density at radius 3 is 2.00 bits per heavy atom. The predicted molar refractivity (Wildman–Crippen MR) is 186 cm³/mol. The number of nitrogens with zero attached hydrogens (tertiary/aromatic N) is 8. The standard InChI is InChI=1S/C36H30Cl2N8O/c1-25-36-34(16-17-39-25)33-15-14-32(47-24-31-22-45(43-41-31)19-3-5-27-8-12-29(38)13-9-27)20-35(33)46(36)23-30-21-44(42-40-30)18-2-4-26-6-10-28(37)11-7-26/h2-17,20-22H,18-19,23-24H2,1H3/b4-2+,5-3+. The van der Waals surface area contributed by atoms with Crippen LogP contribution in [0, 0.1) is 6.92 Å². The molecule has 0 fully saturated rings. The number of rotatable bonds is 11. The van der Waals surface area contributed by atoms with Gasteiger partial charge in [0.05, 0.1) is 48.8 Å². The lowest BCUT2D eigenvalue weighted by Crippen LogP contribution is -2.02. The molecule has 0 atom stereocenters. The van der Waals surface area contributed by atoms with E-state index in [-0.39, 0.29) is 0 Å². The number of halogens is 2. The minimum Gasteiger partial charge on any atom is -0.487 e. The molecular formula is C36H30Cl2N8O.